The van der Waals surface area contributed by atoms with Crippen molar-refractivity contribution in [3.8, 4) is 5.95 Å². The van der Waals surface area contributed by atoms with E-state index in [-0.39, 0.29) is 30.3 Å². The molecule has 0 bridgehead atoms. The van der Waals surface area contributed by atoms with Crippen molar-refractivity contribution in [2.75, 3.05) is 33.8 Å². The fourth-order valence-electron chi connectivity index (χ4n) is 2.91. The summed E-state index contributed by atoms with van der Waals surface area (Å²) in [6, 6.07) is 0.255. The van der Waals surface area contributed by atoms with Crippen molar-refractivity contribution in [2.45, 2.75) is 18.9 Å². The second-order valence-corrected chi connectivity index (χ2v) is 6.31. The number of aliphatic hydroxyl groups is 1. The summed E-state index contributed by atoms with van der Waals surface area (Å²) >= 11 is 0. The van der Waals surface area contributed by atoms with E-state index in [0.717, 1.165) is 12.8 Å². The molecule has 1 aliphatic rings. The zero-order chi connectivity index (χ0) is 17.1. The Morgan fingerprint density at radius 1 is 1.33 bits per heavy atom. The van der Waals surface area contributed by atoms with Gasteiger partial charge in [0.2, 0.25) is 5.82 Å². The summed E-state index contributed by atoms with van der Waals surface area (Å²) < 4.78 is 1.52. The fraction of sp³-hybridized carbons (Fsp3) is 0.643. The second-order valence-electron chi connectivity index (χ2n) is 6.31. The van der Waals surface area contributed by atoms with Crippen LogP contribution in [-0.4, -0.2) is 90.6 Å². The molecular formula is C14H22N8O2. The smallest absolute Gasteiger partial charge is 0.291 e. The van der Waals surface area contributed by atoms with Crippen LogP contribution in [0.15, 0.2) is 12.7 Å². The Morgan fingerprint density at radius 2 is 2.08 bits per heavy atom. The molecule has 2 atom stereocenters. The molecule has 0 spiro atoms. The van der Waals surface area contributed by atoms with Gasteiger partial charge in [-0.25, -0.2) is 0 Å². The molecule has 2 N–H and O–H groups in total. The lowest BCUT2D eigenvalue weighted by Gasteiger charge is -2.28. The van der Waals surface area contributed by atoms with Crippen molar-refractivity contribution >= 4 is 5.91 Å². The van der Waals surface area contributed by atoms with E-state index in [9.17, 15) is 9.90 Å². The van der Waals surface area contributed by atoms with Crippen LogP contribution in [0.25, 0.3) is 5.95 Å². The molecule has 10 heteroatoms. The number of aliphatic hydroxyl groups excluding tert-OH is 1. The molecule has 3 rings (SSSR count). The highest BCUT2D eigenvalue weighted by Crippen LogP contribution is 2.20. The maximum atomic E-state index is 12.8. The lowest BCUT2D eigenvalue weighted by atomic mass is 10.0. The van der Waals surface area contributed by atoms with Gasteiger partial charge in [0.25, 0.3) is 11.9 Å². The van der Waals surface area contributed by atoms with E-state index in [4.69, 9.17) is 0 Å². The van der Waals surface area contributed by atoms with Gasteiger partial charge in [-0.15, -0.1) is 15.3 Å². The van der Waals surface area contributed by atoms with E-state index in [0.29, 0.717) is 19.0 Å². The monoisotopic (exact) mass is 334 g/mol. The first-order valence-electron chi connectivity index (χ1n) is 7.92. The Balaban J connectivity index is 1.79. The number of carbonyl (C=O) groups excluding carboxylic acids is 1. The average molecular weight is 334 g/mol. The normalized spacial score (nSPS) is 21.9. The van der Waals surface area contributed by atoms with Crippen LogP contribution < -0.4 is 0 Å². The Labute approximate surface area is 139 Å². The Hall–Kier alpha value is -2.33. The Bertz CT molecular complexity index is 668. The SMILES string of the molecule is CN(C)[C@@H]1CC[C@H](CO)CN(C(=O)c2nc(-n3cnnc3)n[nH]2)C1. The summed E-state index contributed by atoms with van der Waals surface area (Å²) in [5.74, 6) is 0.365. The van der Waals surface area contributed by atoms with Crippen LogP contribution in [0.4, 0.5) is 0 Å². The molecule has 24 heavy (non-hydrogen) atoms. The van der Waals surface area contributed by atoms with Gasteiger partial charge in [0.1, 0.15) is 12.7 Å². The fourth-order valence-corrected chi connectivity index (χ4v) is 2.91. The number of nitrogens with one attached hydrogen (secondary N) is 1. The molecule has 1 saturated heterocycles. The quantitative estimate of drug-likeness (QED) is 0.749. The van der Waals surface area contributed by atoms with E-state index in [2.05, 4.69) is 30.3 Å². The lowest BCUT2D eigenvalue weighted by molar-refractivity contribution is 0.0677. The number of rotatable bonds is 4. The van der Waals surface area contributed by atoms with Gasteiger partial charge < -0.3 is 14.9 Å². The van der Waals surface area contributed by atoms with Crippen molar-refractivity contribution < 1.29 is 9.90 Å². The summed E-state index contributed by atoms with van der Waals surface area (Å²) in [5, 5.41) is 23.6. The highest BCUT2D eigenvalue weighted by molar-refractivity contribution is 5.90. The number of H-pyrrole nitrogens is 1. The third-order valence-corrected chi connectivity index (χ3v) is 4.42. The zero-order valence-corrected chi connectivity index (χ0v) is 13.8. The van der Waals surface area contributed by atoms with Crippen molar-refractivity contribution in [3.63, 3.8) is 0 Å². The van der Waals surface area contributed by atoms with Crippen molar-refractivity contribution in [2.24, 2.45) is 5.92 Å². The lowest BCUT2D eigenvalue weighted by Crippen LogP contribution is -2.43. The van der Waals surface area contributed by atoms with Crippen LogP contribution >= 0.6 is 0 Å². The van der Waals surface area contributed by atoms with Crippen molar-refractivity contribution in [1.29, 1.82) is 0 Å². The van der Waals surface area contributed by atoms with Crippen LogP contribution in [0.3, 0.4) is 0 Å². The van der Waals surface area contributed by atoms with E-state index in [1.807, 2.05) is 14.1 Å². The standard InChI is InChI=1S/C14H22N8O2/c1-20(2)11-4-3-10(7-23)5-21(6-11)13(24)12-17-14(19-18-12)22-8-15-16-9-22/h8-11,23H,3-7H2,1-2H3,(H,17,18,19)/t10-,11+/m0/s1. The molecule has 10 nitrogen and oxygen atoms in total. The number of hydrogen-bond donors (Lipinski definition) is 2. The molecule has 0 saturated carbocycles. The van der Waals surface area contributed by atoms with Gasteiger partial charge in [0.05, 0.1) is 0 Å². The first-order valence-corrected chi connectivity index (χ1v) is 7.92. The highest BCUT2D eigenvalue weighted by atomic mass is 16.3. The minimum absolute atomic E-state index is 0.0757. The number of likely N-dealkylation sites (N-methyl/N-ethyl adjacent to an activating group) is 1. The zero-order valence-electron chi connectivity index (χ0n) is 13.8. The average Bonchev–Trinajstić information content (AvgIpc) is 3.21. The molecule has 1 amide bonds. The number of nitrogens with zero attached hydrogens (tertiary/aromatic N) is 7. The number of hydrogen-bond acceptors (Lipinski definition) is 7. The van der Waals surface area contributed by atoms with E-state index in [1.165, 1.54) is 17.2 Å². The minimum Gasteiger partial charge on any atom is -0.396 e. The Kier molecular flexibility index (Phi) is 4.86. The van der Waals surface area contributed by atoms with E-state index < -0.39 is 0 Å². The molecule has 3 heterocycles. The predicted molar refractivity (Wildman–Crippen MR) is 84.5 cm³/mol. The molecule has 0 aliphatic carbocycles. The third-order valence-electron chi connectivity index (χ3n) is 4.42. The predicted octanol–water partition coefficient (Wildman–Crippen LogP) is -0.840. The first-order chi connectivity index (χ1) is 11.6. The summed E-state index contributed by atoms with van der Waals surface area (Å²) in [6.45, 7) is 1.19. The first kappa shape index (κ1) is 16.5. The van der Waals surface area contributed by atoms with Gasteiger partial charge in [-0.05, 0) is 32.9 Å². The maximum absolute atomic E-state index is 12.8. The summed E-state index contributed by atoms with van der Waals surface area (Å²) in [7, 11) is 4.01. The second kappa shape index (κ2) is 7.05. The van der Waals surface area contributed by atoms with Crippen LogP contribution in [0.2, 0.25) is 0 Å². The number of likely N-dealkylation sites (tertiary alicyclic amines) is 1. The van der Waals surface area contributed by atoms with Gasteiger partial charge in [0.15, 0.2) is 0 Å². The van der Waals surface area contributed by atoms with Crippen LogP contribution in [0, 0.1) is 5.92 Å². The molecule has 0 unspecified atom stereocenters. The van der Waals surface area contributed by atoms with Crippen LogP contribution in [0.1, 0.15) is 23.5 Å². The van der Waals surface area contributed by atoms with Gasteiger partial charge in [-0.1, -0.05) is 0 Å². The Morgan fingerprint density at radius 3 is 2.75 bits per heavy atom. The summed E-state index contributed by atoms with van der Waals surface area (Å²) in [6.07, 6.45) is 4.77. The molecular weight excluding hydrogens is 312 g/mol. The minimum atomic E-state index is -0.214. The van der Waals surface area contributed by atoms with E-state index >= 15 is 0 Å². The maximum Gasteiger partial charge on any atom is 0.291 e. The van der Waals surface area contributed by atoms with Gasteiger partial charge in [-0.2, -0.15) is 4.98 Å². The number of aromatic amines is 1. The molecule has 1 aliphatic heterocycles. The summed E-state index contributed by atoms with van der Waals surface area (Å²) in [5.41, 5.74) is 0. The topological polar surface area (TPSA) is 116 Å². The number of carbonyl (C=O) groups is 1. The highest BCUT2D eigenvalue weighted by Gasteiger charge is 2.30. The number of aromatic nitrogens is 6. The molecule has 1 fully saturated rings. The van der Waals surface area contributed by atoms with Crippen molar-refractivity contribution in [3.05, 3.63) is 18.5 Å². The molecule has 2 aromatic rings. The van der Waals surface area contributed by atoms with Crippen LogP contribution in [-0.2, 0) is 0 Å². The number of amides is 1. The molecule has 130 valence electrons. The van der Waals surface area contributed by atoms with Crippen molar-refractivity contribution in [1.82, 2.24) is 39.7 Å². The van der Waals surface area contributed by atoms with Gasteiger partial charge >= 0.3 is 0 Å². The molecule has 0 aromatic carbocycles. The largest absolute Gasteiger partial charge is 0.396 e. The van der Waals surface area contributed by atoms with E-state index in [1.54, 1.807) is 4.90 Å². The summed E-state index contributed by atoms with van der Waals surface area (Å²) in [4.78, 5) is 20.9. The molecule has 0 radical (unpaired) electrons. The molecule has 2 aromatic heterocycles. The van der Waals surface area contributed by atoms with Gasteiger partial charge in [0, 0.05) is 25.7 Å². The third kappa shape index (κ3) is 3.44. The van der Waals surface area contributed by atoms with Gasteiger partial charge in [-0.3, -0.25) is 14.5 Å². The van der Waals surface area contributed by atoms with Crippen LogP contribution in [0.5, 0.6) is 0 Å².